The van der Waals surface area contributed by atoms with E-state index < -0.39 is 0 Å². The quantitative estimate of drug-likeness (QED) is 0.548. The van der Waals surface area contributed by atoms with Crippen LogP contribution in [0, 0.1) is 0 Å². The summed E-state index contributed by atoms with van der Waals surface area (Å²) in [6, 6.07) is 18.3. The number of piperazine rings is 1. The minimum Gasteiger partial charge on any atom is -0.484 e. The Kier molecular flexibility index (Phi) is 8.15. The molecule has 3 rings (SSSR count). The second kappa shape index (κ2) is 11.2. The maximum atomic E-state index is 11.7. The molecular weight excluding hydrogens is 390 g/mol. The Labute approximate surface area is 185 Å². The zero-order chi connectivity index (χ0) is 22.1. The van der Waals surface area contributed by atoms with Gasteiger partial charge in [0.1, 0.15) is 5.75 Å². The topological polar surface area (TPSA) is 60.4 Å². The number of guanidine groups is 1. The molecule has 2 aromatic rings. The van der Waals surface area contributed by atoms with Crippen molar-refractivity contribution in [3.05, 3.63) is 60.2 Å². The van der Waals surface area contributed by atoms with Gasteiger partial charge in [-0.05, 0) is 36.8 Å². The van der Waals surface area contributed by atoms with Crippen LogP contribution in [-0.2, 0) is 11.3 Å². The number of carbonyl (C=O) groups excluding carboxylic acids is 1. The van der Waals surface area contributed by atoms with Gasteiger partial charge in [0.25, 0.3) is 5.91 Å². The van der Waals surface area contributed by atoms with E-state index in [1.54, 1.807) is 14.1 Å². The predicted octanol–water partition coefficient (Wildman–Crippen LogP) is 2.44. The number of rotatable bonds is 7. The average molecular weight is 424 g/mol. The van der Waals surface area contributed by atoms with Gasteiger partial charge in [-0.1, -0.05) is 30.3 Å². The van der Waals surface area contributed by atoms with Crippen LogP contribution in [0.1, 0.15) is 12.5 Å². The maximum absolute atomic E-state index is 11.7. The molecule has 0 unspecified atom stereocenters. The van der Waals surface area contributed by atoms with E-state index in [1.807, 2.05) is 24.3 Å². The highest BCUT2D eigenvalue weighted by molar-refractivity contribution is 5.80. The molecule has 2 aromatic carbocycles. The Bertz CT molecular complexity index is 861. The maximum Gasteiger partial charge on any atom is 0.259 e. The molecule has 1 fully saturated rings. The van der Waals surface area contributed by atoms with Gasteiger partial charge in [0, 0.05) is 52.5 Å². The lowest BCUT2D eigenvalue weighted by atomic mass is 10.2. The minimum atomic E-state index is -0.0625. The van der Waals surface area contributed by atoms with Gasteiger partial charge < -0.3 is 24.8 Å². The Hall–Kier alpha value is -3.22. The number of ether oxygens (including phenoxy) is 1. The molecule has 1 aliphatic rings. The van der Waals surface area contributed by atoms with Gasteiger partial charge in [-0.25, -0.2) is 4.99 Å². The fraction of sp³-hybridized carbons (Fsp3) is 0.417. The van der Waals surface area contributed by atoms with Crippen molar-refractivity contribution in [3.8, 4) is 5.75 Å². The summed E-state index contributed by atoms with van der Waals surface area (Å²) in [7, 11) is 3.44. The first-order valence-corrected chi connectivity index (χ1v) is 10.8. The van der Waals surface area contributed by atoms with Crippen LogP contribution in [-0.4, -0.2) is 75.1 Å². The average Bonchev–Trinajstić information content (AvgIpc) is 2.81. The van der Waals surface area contributed by atoms with Crippen LogP contribution >= 0.6 is 0 Å². The Morgan fingerprint density at radius 1 is 1.06 bits per heavy atom. The van der Waals surface area contributed by atoms with Crippen LogP contribution in [0.2, 0.25) is 0 Å². The van der Waals surface area contributed by atoms with Crippen molar-refractivity contribution in [1.82, 2.24) is 15.1 Å². The number of aliphatic imine (C=N–C) groups is 1. The fourth-order valence-corrected chi connectivity index (χ4v) is 3.42. The molecule has 0 spiro atoms. The molecule has 1 N–H and O–H groups in total. The first kappa shape index (κ1) is 22.5. The highest BCUT2D eigenvalue weighted by atomic mass is 16.5. The molecule has 0 bridgehead atoms. The van der Waals surface area contributed by atoms with E-state index in [-0.39, 0.29) is 12.5 Å². The van der Waals surface area contributed by atoms with Crippen LogP contribution in [0.3, 0.4) is 0 Å². The van der Waals surface area contributed by atoms with Gasteiger partial charge in [-0.2, -0.15) is 0 Å². The third kappa shape index (κ3) is 6.64. The standard InChI is InChI=1S/C24H33N5O2/c1-4-25-24(29-15-13-28(14-16-29)21-10-6-5-7-11-21)26-18-20-9-8-12-22(17-20)31-19-23(30)27(2)3/h5-12,17H,4,13-16,18-19H2,1-3H3,(H,25,26). The van der Waals surface area contributed by atoms with Gasteiger partial charge in [0.05, 0.1) is 6.54 Å². The molecule has 7 nitrogen and oxygen atoms in total. The smallest absolute Gasteiger partial charge is 0.259 e. The molecule has 0 aliphatic carbocycles. The number of nitrogens with zero attached hydrogens (tertiary/aromatic N) is 4. The van der Waals surface area contributed by atoms with Crippen molar-refractivity contribution in [2.75, 3.05) is 58.3 Å². The number of hydrogen-bond donors (Lipinski definition) is 1. The van der Waals surface area contributed by atoms with Crippen LogP contribution in [0.25, 0.3) is 0 Å². The Balaban J connectivity index is 1.59. The van der Waals surface area contributed by atoms with E-state index in [9.17, 15) is 4.79 Å². The lowest BCUT2D eigenvalue weighted by Gasteiger charge is -2.37. The number of para-hydroxylation sites is 1. The molecule has 1 amide bonds. The zero-order valence-corrected chi connectivity index (χ0v) is 18.8. The summed E-state index contributed by atoms with van der Waals surface area (Å²) in [6.45, 7) is 7.30. The minimum absolute atomic E-state index is 0.0358. The van der Waals surface area contributed by atoms with E-state index in [2.05, 4.69) is 52.4 Å². The van der Waals surface area contributed by atoms with Crippen molar-refractivity contribution in [1.29, 1.82) is 0 Å². The number of nitrogens with one attached hydrogen (secondary N) is 1. The number of benzene rings is 2. The fourth-order valence-electron chi connectivity index (χ4n) is 3.42. The SMILES string of the molecule is CCNC(=NCc1cccc(OCC(=O)N(C)C)c1)N1CCN(c2ccccc2)CC1. The molecule has 0 atom stereocenters. The summed E-state index contributed by atoms with van der Waals surface area (Å²) >= 11 is 0. The molecule has 0 saturated carbocycles. The third-order valence-corrected chi connectivity index (χ3v) is 5.21. The molecule has 7 heteroatoms. The summed E-state index contributed by atoms with van der Waals surface area (Å²) in [5.41, 5.74) is 2.32. The van der Waals surface area contributed by atoms with Crippen molar-refractivity contribution < 1.29 is 9.53 Å². The Morgan fingerprint density at radius 3 is 2.48 bits per heavy atom. The van der Waals surface area contributed by atoms with E-state index in [4.69, 9.17) is 9.73 Å². The second-order valence-electron chi connectivity index (χ2n) is 7.70. The van der Waals surface area contributed by atoms with Gasteiger partial charge in [-0.15, -0.1) is 0 Å². The van der Waals surface area contributed by atoms with Crippen molar-refractivity contribution in [2.24, 2.45) is 4.99 Å². The zero-order valence-electron chi connectivity index (χ0n) is 18.8. The summed E-state index contributed by atoms with van der Waals surface area (Å²) in [6.07, 6.45) is 0. The third-order valence-electron chi connectivity index (χ3n) is 5.21. The molecular formula is C24H33N5O2. The van der Waals surface area contributed by atoms with Crippen molar-refractivity contribution in [2.45, 2.75) is 13.5 Å². The van der Waals surface area contributed by atoms with Crippen LogP contribution in [0.4, 0.5) is 5.69 Å². The van der Waals surface area contributed by atoms with Gasteiger partial charge in [0.2, 0.25) is 0 Å². The summed E-state index contributed by atoms with van der Waals surface area (Å²) in [5, 5.41) is 3.42. The molecule has 0 radical (unpaired) electrons. The largest absolute Gasteiger partial charge is 0.484 e. The number of anilines is 1. The summed E-state index contributed by atoms with van der Waals surface area (Å²) in [5.74, 6) is 1.56. The highest BCUT2D eigenvalue weighted by Crippen LogP contribution is 2.17. The molecule has 0 aromatic heterocycles. The molecule has 1 heterocycles. The predicted molar refractivity (Wildman–Crippen MR) is 126 cm³/mol. The van der Waals surface area contributed by atoms with Crippen molar-refractivity contribution in [3.63, 3.8) is 0 Å². The summed E-state index contributed by atoms with van der Waals surface area (Å²) < 4.78 is 5.62. The lowest BCUT2D eigenvalue weighted by Crippen LogP contribution is -2.52. The number of amides is 1. The van der Waals surface area contributed by atoms with Crippen LogP contribution < -0.4 is 15.0 Å². The number of carbonyl (C=O) groups is 1. The normalized spacial score (nSPS) is 14.4. The molecule has 1 aliphatic heterocycles. The van der Waals surface area contributed by atoms with E-state index in [0.717, 1.165) is 44.2 Å². The van der Waals surface area contributed by atoms with Gasteiger partial charge in [-0.3, -0.25) is 4.79 Å². The molecule has 31 heavy (non-hydrogen) atoms. The number of likely N-dealkylation sites (N-methyl/N-ethyl adjacent to an activating group) is 1. The number of hydrogen-bond acceptors (Lipinski definition) is 4. The molecule has 166 valence electrons. The first-order chi connectivity index (χ1) is 15.1. The van der Waals surface area contributed by atoms with Crippen molar-refractivity contribution >= 4 is 17.6 Å². The van der Waals surface area contributed by atoms with Crippen LogP contribution in [0.15, 0.2) is 59.6 Å². The highest BCUT2D eigenvalue weighted by Gasteiger charge is 2.19. The van der Waals surface area contributed by atoms with Crippen LogP contribution in [0.5, 0.6) is 5.75 Å². The van der Waals surface area contributed by atoms with Gasteiger partial charge in [0.15, 0.2) is 12.6 Å². The molecule has 1 saturated heterocycles. The summed E-state index contributed by atoms with van der Waals surface area (Å²) in [4.78, 5) is 22.8. The van der Waals surface area contributed by atoms with E-state index in [1.165, 1.54) is 10.6 Å². The van der Waals surface area contributed by atoms with Gasteiger partial charge >= 0.3 is 0 Å². The Morgan fingerprint density at radius 2 is 1.81 bits per heavy atom. The van der Waals surface area contributed by atoms with E-state index in [0.29, 0.717) is 12.3 Å². The van der Waals surface area contributed by atoms with E-state index >= 15 is 0 Å². The monoisotopic (exact) mass is 423 g/mol. The lowest BCUT2D eigenvalue weighted by molar-refractivity contribution is -0.130. The first-order valence-electron chi connectivity index (χ1n) is 10.8. The second-order valence-corrected chi connectivity index (χ2v) is 7.70.